The molecule has 0 aromatic heterocycles. The molecule has 2 N–H and O–H groups in total. The molecule has 30 heavy (non-hydrogen) atoms. The number of rotatable bonds is 6. The molecule has 9 nitrogen and oxygen atoms in total. The minimum absolute atomic E-state index is 0.0485. The second-order valence-electron chi connectivity index (χ2n) is 7.20. The summed E-state index contributed by atoms with van der Waals surface area (Å²) in [6.45, 7) is 2.24. The number of hydrogen-bond donors (Lipinski definition) is 2. The van der Waals surface area contributed by atoms with Gasteiger partial charge in [-0.1, -0.05) is 24.3 Å². The Bertz CT molecular complexity index is 991. The van der Waals surface area contributed by atoms with Crippen LogP contribution in [-0.2, 0) is 27.3 Å². The molecule has 0 saturated carbocycles. The highest BCUT2D eigenvalue weighted by Crippen LogP contribution is 2.32. The Morgan fingerprint density at radius 3 is 2.57 bits per heavy atom. The van der Waals surface area contributed by atoms with Crippen molar-refractivity contribution in [1.82, 2.24) is 0 Å². The first-order valence-electron chi connectivity index (χ1n) is 9.46. The largest absolute Gasteiger partial charge is 0.490 e. The number of amides is 1. The van der Waals surface area contributed by atoms with E-state index >= 15 is 0 Å². The molecule has 2 aromatic carbocycles. The van der Waals surface area contributed by atoms with Gasteiger partial charge in [-0.15, -0.1) is 0 Å². The summed E-state index contributed by atoms with van der Waals surface area (Å²) in [5.41, 5.74) is 2.96. The molecule has 1 aliphatic heterocycles. The summed E-state index contributed by atoms with van der Waals surface area (Å²) in [6.07, 6.45) is 0.496. The van der Waals surface area contributed by atoms with Crippen molar-refractivity contribution in [2.24, 2.45) is 0 Å². The Labute approximate surface area is 173 Å². The van der Waals surface area contributed by atoms with Crippen LogP contribution in [0.2, 0.25) is 0 Å². The number of nitro benzene ring substituents is 1. The monoisotopic (exact) mass is 414 g/mol. The summed E-state index contributed by atoms with van der Waals surface area (Å²) in [7, 11) is 2.67. The number of aryl methyl sites for hydroxylation is 1. The zero-order valence-electron chi connectivity index (χ0n) is 17.1. The number of esters is 1. The van der Waals surface area contributed by atoms with E-state index < -0.39 is 11.0 Å². The van der Waals surface area contributed by atoms with Gasteiger partial charge in [0.2, 0.25) is 0 Å². The van der Waals surface area contributed by atoms with Crippen molar-refractivity contribution in [2.75, 3.05) is 26.1 Å². The second-order valence-corrected chi connectivity index (χ2v) is 7.20. The highest BCUT2D eigenvalue weighted by Gasteiger charge is 2.37. The molecular formula is C21H24N3O6+. The molecule has 9 heteroatoms. The molecule has 0 fully saturated rings. The smallest absolute Gasteiger partial charge is 0.365 e. The summed E-state index contributed by atoms with van der Waals surface area (Å²) >= 11 is 0. The van der Waals surface area contributed by atoms with Gasteiger partial charge in [0.05, 0.1) is 19.1 Å². The lowest BCUT2D eigenvalue weighted by Crippen LogP contribution is -3.17. The van der Waals surface area contributed by atoms with Gasteiger partial charge in [0.15, 0.2) is 18.3 Å². The first-order valence-corrected chi connectivity index (χ1v) is 9.46. The molecule has 2 atom stereocenters. The highest BCUT2D eigenvalue weighted by atomic mass is 16.6. The third-order valence-electron chi connectivity index (χ3n) is 5.32. The number of fused-ring (bicyclic) bond motifs is 1. The molecule has 3 rings (SSSR count). The van der Waals surface area contributed by atoms with Crippen LogP contribution in [0.15, 0.2) is 36.4 Å². The fourth-order valence-electron chi connectivity index (χ4n) is 3.75. The number of hydrogen-bond acceptors (Lipinski definition) is 6. The van der Waals surface area contributed by atoms with Crippen molar-refractivity contribution in [3.63, 3.8) is 0 Å². The maximum Gasteiger partial charge on any atom is 0.365 e. The van der Waals surface area contributed by atoms with Gasteiger partial charge in [-0.2, -0.15) is 0 Å². The number of benzene rings is 2. The number of nitrogens with one attached hydrogen (secondary N) is 2. The van der Waals surface area contributed by atoms with E-state index in [2.05, 4.69) is 5.32 Å². The van der Waals surface area contributed by atoms with Crippen LogP contribution in [0, 0.1) is 17.0 Å². The Hall–Kier alpha value is -3.46. The summed E-state index contributed by atoms with van der Waals surface area (Å²) in [6, 6.07) is 10.1. The first-order chi connectivity index (χ1) is 14.3. The number of carbonyl (C=O) groups excluding carboxylic acids is 2. The predicted octanol–water partition coefficient (Wildman–Crippen LogP) is 1.03. The van der Waals surface area contributed by atoms with E-state index in [1.54, 1.807) is 6.92 Å². The molecule has 0 aliphatic carbocycles. The Kier molecular flexibility index (Phi) is 6.31. The summed E-state index contributed by atoms with van der Waals surface area (Å²) < 4.78 is 10.0. The van der Waals surface area contributed by atoms with Gasteiger partial charge in [0.25, 0.3) is 5.91 Å². The zero-order valence-corrected chi connectivity index (χ0v) is 17.1. The number of carbonyl (C=O) groups is 2. The number of anilines is 1. The lowest BCUT2D eigenvalue weighted by molar-refractivity contribution is -0.924. The van der Waals surface area contributed by atoms with E-state index in [9.17, 15) is 19.7 Å². The van der Waals surface area contributed by atoms with Gasteiger partial charge in [-0.3, -0.25) is 14.9 Å². The summed E-state index contributed by atoms with van der Waals surface area (Å²) in [5, 5.41) is 13.9. The van der Waals surface area contributed by atoms with Crippen molar-refractivity contribution >= 4 is 23.3 Å². The average molecular weight is 414 g/mol. The number of methoxy groups -OCH3 is 2. The topological polar surface area (TPSA) is 112 Å². The van der Waals surface area contributed by atoms with Crippen LogP contribution in [0.5, 0.6) is 5.75 Å². The number of nitro groups is 1. The quantitative estimate of drug-likeness (QED) is 0.415. The van der Waals surface area contributed by atoms with Crippen molar-refractivity contribution in [3.8, 4) is 5.75 Å². The number of ether oxygens (including phenoxy) is 2. The highest BCUT2D eigenvalue weighted by molar-refractivity contribution is 5.93. The molecule has 2 aromatic rings. The molecule has 158 valence electrons. The van der Waals surface area contributed by atoms with Gasteiger partial charge in [-0.25, -0.2) is 4.79 Å². The zero-order chi connectivity index (χ0) is 21.8. The van der Waals surface area contributed by atoms with Crippen LogP contribution >= 0.6 is 0 Å². The van der Waals surface area contributed by atoms with E-state index in [0.29, 0.717) is 24.2 Å². The van der Waals surface area contributed by atoms with Gasteiger partial charge in [0, 0.05) is 29.8 Å². The maximum atomic E-state index is 12.8. The third kappa shape index (κ3) is 4.41. The molecule has 0 saturated heterocycles. The minimum Gasteiger partial charge on any atom is -0.490 e. The van der Waals surface area contributed by atoms with Crippen LogP contribution in [0.25, 0.3) is 0 Å². The van der Waals surface area contributed by atoms with Gasteiger partial charge >= 0.3 is 11.7 Å². The lowest BCUT2D eigenvalue weighted by Gasteiger charge is -2.31. The van der Waals surface area contributed by atoms with Gasteiger partial charge in [-0.05, 0) is 18.1 Å². The van der Waals surface area contributed by atoms with Crippen molar-refractivity contribution in [1.29, 1.82) is 0 Å². The Morgan fingerprint density at radius 2 is 1.93 bits per heavy atom. The van der Waals surface area contributed by atoms with Crippen LogP contribution in [0.3, 0.4) is 0 Å². The van der Waals surface area contributed by atoms with Gasteiger partial charge in [0.1, 0.15) is 6.54 Å². The van der Waals surface area contributed by atoms with E-state index in [0.717, 1.165) is 16.0 Å². The van der Waals surface area contributed by atoms with E-state index in [1.807, 2.05) is 24.3 Å². The molecule has 1 amide bonds. The first kappa shape index (κ1) is 21.3. The van der Waals surface area contributed by atoms with Crippen LogP contribution in [0.4, 0.5) is 11.4 Å². The fourth-order valence-corrected chi connectivity index (χ4v) is 3.75. The Morgan fingerprint density at radius 1 is 1.23 bits per heavy atom. The number of nitrogens with zero attached hydrogens (tertiary/aromatic N) is 1. The maximum absolute atomic E-state index is 12.8. The predicted molar refractivity (Wildman–Crippen MR) is 108 cm³/mol. The average Bonchev–Trinajstić information content (AvgIpc) is 2.73. The molecule has 0 radical (unpaired) electrons. The van der Waals surface area contributed by atoms with E-state index in [1.165, 1.54) is 26.4 Å². The van der Waals surface area contributed by atoms with Crippen molar-refractivity contribution < 1.29 is 28.9 Å². The molecule has 0 bridgehead atoms. The molecular weight excluding hydrogens is 390 g/mol. The molecule has 1 aliphatic rings. The van der Waals surface area contributed by atoms with Crippen molar-refractivity contribution in [3.05, 3.63) is 63.2 Å². The summed E-state index contributed by atoms with van der Waals surface area (Å²) in [5.74, 6) is -0.606. The molecule has 1 unspecified atom stereocenters. The van der Waals surface area contributed by atoms with Crippen LogP contribution in [0.1, 0.15) is 16.7 Å². The van der Waals surface area contributed by atoms with Crippen LogP contribution in [-0.4, -0.2) is 43.6 Å². The minimum atomic E-state index is -0.534. The summed E-state index contributed by atoms with van der Waals surface area (Å²) in [4.78, 5) is 36.5. The molecule has 1 heterocycles. The van der Waals surface area contributed by atoms with Crippen molar-refractivity contribution in [2.45, 2.75) is 25.9 Å². The number of quaternary nitrogens is 1. The Balaban J connectivity index is 1.79. The standard InChI is InChI=1S/C21H23N3O6/c1-13-8-17(24(27)28)19(29-2)10-16(13)22-20(25)12-23-11-15-7-5-4-6-14(15)9-18(23)21(26)30-3/h4-8,10,18H,9,11-12H2,1-3H3,(H,22,25)/p+1/t18-/m0/s1. The van der Waals surface area contributed by atoms with E-state index in [4.69, 9.17) is 9.47 Å². The van der Waals surface area contributed by atoms with Gasteiger partial charge < -0.3 is 19.7 Å². The third-order valence-corrected chi connectivity index (χ3v) is 5.32. The van der Waals surface area contributed by atoms with E-state index in [-0.39, 0.29) is 29.9 Å². The second kappa shape index (κ2) is 8.91. The van der Waals surface area contributed by atoms with Crippen LogP contribution < -0.4 is 15.0 Å². The molecule has 0 spiro atoms. The lowest BCUT2D eigenvalue weighted by atomic mass is 9.94. The SMILES string of the molecule is COC(=O)[C@@H]1Cc2ccccc2C[NH+]1CC(=O)Nc1cc(OC)c([N+](=O)[O-])cc1C. The fraction of sp³-hybridized carbons (Fsp3) is 0.333. The normalized spacial score (nSPS) is 17.6.